The lowest BCUT2D eigenvalue weighted by Crippen LogP contribution is -2.62. The van der Waals surface area contributed by atoms with Crippen molar-refractivity contribution in [2.45, 2.75) is 57.3 Å². The minimum atomic E-state index is -2.06. The number of ether oxygens (including phenoxy) is 1. The zero-order valence-electron chi connectivity index (χ0n) is 10.8. The van der Waals surface area contributed by atoms with E-state index in [0.717, 1.165) is 32.3 Å². The summed E-state index contributed by atoms with van der Waals surface area (Å²) in [6.07, 6.45) is 6.99. The van der Waals surface area contributed by atoms with Gasteiger partial charge in [0.15, 0.2) is 8.07 Å². The predicted octanol–water partition coefficient (Wildman–Crippen LogP) is 3.27. The summed E-state index contributed by atoms with van der Waals surface area (Å²) in [6.45, 7) is 10.9. The van der Waals surface area contributed by atoms with Gasteiger partial charge in [-0.3, -0.25) is 0 Å². The van der Waals surface area contributed by atoms with Crippen LogP contribution in [0, 0.1) is 0 Å². The molecule has 1 aliphatic rings. The molecule has 1 heterocycles. The lowest BCUT2D eigenvalue weighted by Gasteiger charge is -2.46. The molecule has 1 saturated heterocycles. The first-order chi connectivity index (χ1) is 7.50. The maximum Gasteiger partial charge on any atom is 0.167 e. The van der Waals surface area contributed by atoms with Crippen molar-refractivity contribution >= 4 is 13.5 Å². The van der Waals surface area contributed by atoms with Crippen molar-refractivity contribution in [1.29, 1.82) is 0 Å². The van der Waals surface area contributed by atoms with Gasteiger partial charge in [0.2, 0.25) is 0 Å². The van der Waals surface area contributed by atoms with Gasteiger partial charge in [-0.25, -0.2) is 0 Å². The van der Waals surface area contributed by atoms with Crippen LogP contribution in [0.25, 0.3) is 0 Å². The van der Waals surface area contributed by atoms with E-state index < -0.39 is 8.07 Å². The van der Waals surface area contributed by atoms with Crippen molar-refractivity contribution in [3.63, 3.8) is 0 Å². The highest BCUT2D eigenvalue weighted by molar-refractivity contribution is 7.07. The minimum absolute atomic E-state index is 0.134. The third kappa shape index (κ3) is 2.30. The first-order valence-corrected chi connectivity index (χ1v) is 9.31. The van der Waals surface area contributed by atoms with Crippen molar-refractivity contribution in [3.05, 3.63) is 12.7 Å². The van der Waals surface area contributed by atoms with Gasteiger partial charge in [0.05, 0.1) is 5.22 Å². The van der Waals surface area contributed by atoms with E-state index in [1.807, 2.05) is 0 Å². The van der Waals surface area contributed by atoms with Crippen LogP contribution in [0.2, 0.25) is 13.1 Å². The summed E-state index contributed by atoms with van der Waals surface area (Å²) in [5.74, 6) is 0. The molecule has 0 N–H and O–H groups in total. The Kier molecular flexibility index (Phi) is 4.50. The second-order valence-corrected chi connectivity index (χ2v) is 9.90. The highest BCUT2D eigenvalue weighted by Crippen LogP contribution is 2.38. The number of rotatable bonds is 5. The Labute approximate surface area is 100 Å². The molecular formula is C13H24O2Si. The average molecular weight is 240 g/mol. The molecule has 16 heavy (non-hydrogen) atoms. The lowest BCUT2D eigenvalue weighted by molar-refractivity contribution is -0.110. The molecule has 2 nitrogen and oxygen atoms in total. The topological polar surface area (TPSA) is 26.3 Å². The van der Waals surface area contributed by atoms with Gasteiger partial charge in [-0.05, 0) is 31.8 Å². The second-order valence-electron chi connectivity index (χ2n) is 5.24. The highest BCUT2D eigenvalue weighted by Gasteiger charge is 2.51. The van der Waals surface area contributed by atoms with E-state index in [2.05, 4.69) is 26.6 Å². The molecule has 1 aliphatic heterocycles. The van der Waals surface area contributed by atoms with Crippen LogP contribution in [-0.2, 0) is 9.53 Å². The summed E-state index contributed by atoms with van der Waals surface area (Å²) >= 11 is 0. The Balaban J connectivity index is 2.98. The van der Waals surface area contributed by atoms with Crippen molar-refractivity contribution < 1.29 is 9.53 Å². The Hall–Kier alpha value is -0.413. The van der Waals surface area contributed by atoms with Gasteiger partial charge in [0, 0.05) is 6.61 Å². The zero-order chi connectivity index (χ0) is 12.2. The minimum Gasteiger partial charge on any atom is -0.378 e. The summed E-state index contributed by atoms with van der Waals surface area (Å²) in [4.78, 5) is 12.1. The number of hydrogen-bond acceptors (Lipinski definition) is 2. The van der Waals surface area contributed by atoms with Crippen LogP contribution >= 0.6 is 0 Å². The van der Waals surface area contributed by atoms with E-state index in [4.69, 9.17) is 4.74 Å². The molecule has 0 saturated carbocycles. The number of allylic oxidation sites excluding steroid dienone is 1. The number of carbonyl (C=O) groups is 1. The van der Waals surface area contributed by atoms with Crippen molar-refractivity contribution in [3.8, 4) is 0 Å². The van der Waals surface area contributed by atoms with E-state index in [0.29, 0.717) is 0 Å². The van der Waals surface area contributed by atoms with Gasteiger partial charge >= 0.3 is 0 Å². The molecule has 92 valence electrons. The summed E-state index contributed by atoms with van der Waals surface area (Å²) in [7, 11) is -2.06. The molecule has 0 aromatic heterocycles. The Bertz CT molecular complexity index is 260. The van der Waals surface area contributed by atoms with Crippen LogP contribution in [-0.4, -0.2) is 25.3 Å². The van der Waals surface area contributed by atoms with E-state index in [-0.39, 0.29) is 10.6 Å². The van der Waals surface area contributed by atoms with Gasteiger partial charge in [-0.15, -0.1) is 0 Å². The van der Waals surface area contributed by atoms with Gasteiger partial charge in [0.25, 0.3) is 0 Å². The van der Waals surface area contributed by atoms with E-state index in [9.17, 15) is 4.79 Å². The monoisotopic (exact) mass is 240 g/mol. The fraction of sp³-hybridized carbons (Fsp3) is 0.769. The SMILES string of the molecule is C=CC(=O)[Si](C)(C)C1(CCC)CCCCO1. The zero-order valence-corrected chi connectivity index (χ0v) is 11.8. The quantitative estimate of drug-likeness (QED) is 0.544. The van der Waals surface area contributed by atoms with Crippen molar-refractivity contribution in [1.82, 2.24) is 0 Å². The highest BCUT2D eigenvalue weighted by atomic mass is 28.3. The van der Waals surface area contributed by atoms with Crippen LogP contribution in [0.1, 0.15) is 39.0 Å². The number of hydrogen-bond donors (Lipinski definition) is 0. The second kappa shape index (κ2) is 5.28. The summed E-state index contributed by atoms with van der Waals surface area (Å²) in [5.41, 5.74) is 0. The lowest BCUT2D eigenvalue weighted by atomic mass is 10.0. The molecule has 0 radical (unpaired) electrons. The fourth-order valence-electron chi connectivity index (χ4n) is 2.74. The first-order valence-electron chi connectivity index (χ1n) is 6.31. The van der Waals surface area contributed by atoms with Gasteiger partial charge < -0.3 is 9.53 Å². The molecule has 1 atom stereocenters. The largest absolute Gasteiger partial charge is 0.378 e. The Morgan fingerprint density at radius 3 is 2.62 bits per heavy atom. The molecule has 0 amide bonds. The average Bonchev–Trinajstić information content (AvgIpc) is 2.29. The van der Waals surface area contributed by atoms with Crippen LogP contribution < -0.4 is 0 Å². The molecule has 0 spiro atoms. The van der Waals surface area contributed by atoms with E-state index in [1.165, 1.54) is 12.5 Å². The van der Waals surface area contributed by atoms with Crippen LogP contribution in [0.3, 0.4) is 0 Å². The molecule has 0 aliphatic carbocycles. The number of carbonyl (C=O) groups excluding carboxylic acids is 1. The van der Waals surface area contributed by atoms with Crippen LogP contribution in [0.5, 0.6) is 0 Å². The molecule has 1 fully saturated rings. The van der Waals surface area contributed by atoms with Gasteiger partial charge in [-0.1, -0.05) is 33.0 Å². The van der Waals surface area contributed by atoms with Crippen molar-refractivity contribution in [2.75, 3.05) is 6.61 Å². The predicted molar refractivity (Wildman–Crippen MR) is 70.1 cm³/mol. The fourth-order valence-corrected chi connectivity index (χ4v) is 5.84. The third-order valence-electron chi connectivity index (χ3n) is 3.95. The summed E-state index contributed by atoms with van der Waals surface area (Å²) < 4.78 is 6.09. The normalized spacial score (nSPS) is 26.4. The van der Waals surface area contributed by atoms with E-state index in [1.54, 1.807) is 0 Å². The van der Waals surface area contributed by atoms with Crippen LogP contribution in [0.4, 0.5) is 0 Å². The van der Waals surface area contributed by atoms with E-state index >= 15 is 0 Å². The summed E-state index contributed by atoms with van der Waals surface area (Å²) in [6, 6.07) is 0. The maximum absolute atomic E-state index is 12.1. The van der Waals surface area contributed by atoms with Gasteiger partial charge in [-0.2, -0.15) is 0 Å². The molecular weight excluding hydrogens is 216 g/mol. The molecule has 1 unspecified atom stereocenters. The standard InChI is InChI=1S/C13H24O2Si/c1-5-9-13(10-7-8-11-15-13)16(3,4)12(14)6-2/h6H,2,5,7-11H2,1,3-4H3. The molecule has 0 aromatic rings. The van der Waals surface area contributed by atoms with Gasteiger partial charge in [0.1, 0.15) is 5.41 Å². The van der Waals surface area contributed by atoms with Crippen LogP contribution in [0.15, 0.2) is 12.7 Å². The third-order valence-corrected chi connectivity index (χ3v) is 8.31. The maximum atomic E-state index is 12.1. The first kappa shape index (κ1) is 13.7. The van der Waals surface area contributed by atoms with Crippen molar-refractivity contribution in [2.24, 2.45) is 0 Å². The summed E-state index contributed by atoms with van der Waals surface area (Å²) in [5, 5.41) is 0.105. The molecule has 1 rings (SSSR count). The Morgan fingerprint density at radius 1 is 1.50 bits per heavy atom. The smallest absolute Gasteiger partial charge is 0.167 e. The molecule has 0 bridgehead atoms. The Morgan fingerprint density at radius 2 is 2.19 bits per heavy atom. The molecule has 3 heteroatoms. The molecule has 0 aromatic carbocycles.